The van der Waals surface area contributed by atoms with Crippen LogP contribution < -0.4 is 5.32 Å². The van der Waals surface area contributed by atoms with Crippen LogP contribution in [0.15, 0.2) is 11.7 Å². The number of ether oxygens (including phenoxy) is 1. The van der Waals surface area contributed by atoms with E-state index < -0.39 is 18.3 Å². The van der Waals surface area contributed by atoms with Gasteiger partial charge in [-0.3, -0.25) is 0 Å². The first-order valence-electron chi connectivity index (χ1n) is 8.20. The molecule has 6 heteroatoms. The molecule has 22 heavy (non-hydrogen) atoms. The molecule has 2 rings (SSSR count). The number of hydrogen-bond acceptors (Lipinski definition) is 5. The molecule has 1 aliphatic heterocycles. The molecule has 0 aromatic rings. The summed E-state index contributed by atoms with van der Waals surface area (Å²) in [5.41, 5.74) is 0.612. The second-order valence-electron chi connectivity index (χ2n) is 7.14. The highest BCUT2D eigenvalue weighted by molar-refractivity contribution is 6.62. The van der Waals surface area contributed by atoms with Gasteiger partial charge in [0, 0.05) is 29.9 Å². The Morgan fingerprint density at radius 1 is 1.32 bits per heavy atom. The van der Waals surface area contributed by atoms with Crippen molar-refractivity contribution in [3.8, 4) is 0 Å². The Bertz CT molecular complexity index is 442. The Balaban J connectivity index is 2.15. The van der Waals surface area contributed by atoms with Crippen molar-refractivity contribution in [1.29, 1.82) is 5.41 Å². The van der Waals surface area contributed by atoms with Crippen molar-refractivity contribution in [2.75, 3.05) is 6.61 Å². The summed E-state index contributed by atoms with van der Waals surface area (Å²) >= 11 is 0. The van der Waals surface area contributed by atoms with Crippen LogP contribution in [0.1, 0.15) is 54.4 Å². The fourth-order valence-electron chi connectivity index (χ4n) is 2.36. The van der Waals surface area contributed by atoms with E-state index in [1.807, 2.05) is 47.7 Å². The van der Waals surface area contributed by atoms with Gasteiger partial charge in [0.15, 0.2) is 0 Å². The summed E-state index contributed by atoms with van der Waals surface area (Å²) in [6.45, 7) is 12.7. The van der Waals surface area contributed by atoms with Gasteiger partial charge in [0.2, 0.25) is 0 Å². The van der Waals surface area contributed by atoms with Crippen LogP contribution in [-0.2, 0) is 14.0 Å². The third kappa shape index (κ3) is 3.73. The van der Waals surface area contributed by atoms with E-state index in [0.29, 0.717) is 18.2 Å². The van der Waals surface area contributed by atoms with Gasteiger partial charge in [-0.05, 0) is 54.4 Å². The summed E-state index contributed by atoms with van der Waals surface area (Å²) in [5, 5.41) is 11.6. The lowest BCUT2D eigenvalue weighted by atomic mass is 9.74. The minimum absolute atomic E-state index is 0.102. The molecular formula is C16H29BN2O3. The first kappa shape index (κ1) is 17.5. The van der Waals surface area contributed by atoms with Gasteiger partial charge < -0.3 is 24.8 Å². The smallest absolute Gasteiger partial charge is 0.399 e. The number of nitrogens with one attached hydrogen (secondary N) is 2. The van der Waals surface area contributed by atoms with Crippen LogP contribution in [0.3, 0.4) is 0 Å². The van der Waals surface area contributed by atoms with Crippen LogP contribution in [0, 0.1) is 11.3 Å². The van der Waals surface area contributed by atoms with Crippen LogP contribution in [0.4, 0.5) is 0 Å². The van der Waals surface area contributed by atoms with Gasteiger partial charge >= 0.3 is 7.12 Å². The summed E-state index contributed by atoms with van der Waals surface area (Å²) in [5.74, 6) is 0.342. The molecule has 2 aliphatic rings. The molecule has 0 amide bonds. The zero-order chi connectivity index (χ0) is 16.5. The van der Waals surface area contributed by atoms with E-state index in [1.54, 1.807) is 0 Å². The Labute approximate surface area is 134 Å². The van der Waals surface area contributed by atoms with Crippen molar-refractivity contribution in [2.24, 2.45) is 5.92 Å². The van der Waals surface area contributed by atoms with E-state index in [9.17, 15) is 0 Å². The van der Waals surface area contributed by atoms with Gasteiger partial charge in [0.25, 0.3) is 0 Å². The highest BCUT2D eigenvalue weighted by Crippen LogP contribution is 2.41. The lowest BCUT2D eigenvalue weighted by Gasteiger charge is -2.32. The molecule has 0 aromatic carbocycles. The van der Waals surface area contributed by atoms with Crippen molar-refractivity contribution < 1.29 is 14.0 Å². The zero-order valence-corrected chi connectivity index (χ0v) is 14.7. The van der Waals surface area contributed by atoms with Crippen LogP contribution in [0.2, 0.25) is 0 Å². The van der Waals surface area contributed by atoms with E-state index in [2.05, 4.69) is 5.32 Å². The van der Waals surface area contributed by atoms with Gasteiger partial charge in [-0.1, -0.05) is 0 Å². The van der Waals surface area contributed by atoms with Gasteiger partial charge in [-0.25, -0.2) is 0 Å². The second kappa shape index (κ2) is 6.34. The zero-order valence-electron chi connectivity index (χ0n) is 14.7. The third-order valence-electron chi connectivity index (χ3n) is 4.69. The molecule has 2 fully saturated rings. The molecule has 1 saturated heterocycles. The van der Waals surface area contributed by atoms with Crippen molar-refractivity contribution in [3.05, 3.63) is 11.7 Å². The lowest BCUT2D eigenvalue weighted by Crippen LogP contribution is -2.41. The molecule has 2 N–H and O–H groups in total. The number of rotatable bonds is 7. The van der Waals surface area contributed by atoms with E-state index in [4.69, 9.17) is 19.5 Å². The molecule has 5 nitrogen and oxygen atoms in total. The number of allylic oxidation sites excluding steroid dienone is 1. The van der Waals surface area contributed by atoms with E-state index in [1.165, 1.54) is 0 Å². The van der Waals surface area contributed by atoms with E-state index in [-0.39, 0.29) is 6.23 Å². The minimum atomic E-state index is -0.501. The summed E-state index contributed by atoms with van der Waals surface area (Å²) < 4.78 is 17.7. The second-order valence-corrected chi connectivity index (χ2v) is 7.14. The quantitative estimate of drug-likeness (QED) is 0.431. The first-order valence-corrected chi connectivity index (χ1v) is 8.20. The monoisotopic (exact) mass is 308 g/mol. The molecule has 124 valence electrons. The number of hydrogen-bond donors (Lipinski definition) is 2. The predicted octanol–water partition coefficient (Wildman–Crippen LogP) is 2.90. The van der Waals surface area contributed by atoms with Gasteiger partial charge in [-0.15, -0.1) is 0 Å². The lowest BCUT2D eigenvalue weighted by molar-refractivity contribution is 0.00578. The van der Waals surface area contributed by atoms with Gasteiger partial charge in [0.05, 0.1) is 11.2 Å². The summed E-state index contributed by atoms with van der Waals surface area (Å²) in [7, 11) is -0.501. The van der Waals surface area contributed by atoms with Gasteiger partial charge in [-0.2, -0.15) is 0 Å². The highest BCUT2D eigenvalue weighted by Gasteiger charge is 2.53. The summed E-state index contributed by atoms with van der Waals surface area (Å²) in [4.78, 5) is 0. The normalized spacial score (nSPS) is 25.2. The molecule has 1 atom stereocenters. The Hall–Kier alpha value is -0.845. The maximum atomic E-state index is 8.42. The molecule has 0 radical (unpaired) electrons. The maximum Gasteiger partial charge on any atom is 0.498 e. The van der Waals surface area contributed by atoms with Gasteiger partial charge in [0.1, 0.15) is 6.23 Å². The summed E-state index contributed by atoms with van der Waals surface area (Å²) in [6.07, 6.45) is 3.89. The molecular weight excluding hydrogens is 279 g/mol. The van der Waals surface area contributed by atoms with Crippen LogP contribution >= 0.6 is 0 Å². The van der Waals surface area contributed by atoms with Crippen molar-refractivity contribution in [3.63, 3.8) is 0 Å². The van der Waals surface area contributed by atoms with Crippen LogP contribution in [-0.4, -0.2) is 36.9 Å². The topological polar surface area (TPSA) is 63.6 Å². The molecule has 0 aromatic heterocycles. The Morgan fingerprint density at radius 2 is 1.86 bits per heavy atom. The molecule has 0 bridgehead atoms. The molecule has 1 heterocycles. The molecule has 1 aliphatic carbocycles. The van der Waals surface area contributed by atoms with Crippen LogP contribution in [0.5, 0.6) is 0 Å². The molecule has 1 unspecified atom stereocenters. The van der Waals surface area contributed by atoms with Crippen molar-refractivity contribution in [1.82, 2.24) is 5.32 Å². The fourth-order valence-corrected chi connectivity index (χ4v) is 2.36. The molecule has 1 saturated carbocycles. The maximum absolute atomic E-state index is 8.42. The average Bonchev–Trinajstić information content (AvgIpc) is 3.18. The standard InChI is InChI=1S/C16H29BN2O3/c1-7-20-11(2)19-10-13(14(18)12-8-9-12)17-21-15(3,4)16(5,6)22-17/h10-12,18-19H,7-9H2,1-6H3/b13-10+,18-14?. The summed E-state index contributed by atoms with van der Waals surface area (Å²) in [6, 6.07) is 0. The SMILES string of the molecule is CCOC(C)N/C=C(/B1OC(C)(C)C(C)(C)O1)C(=N)C1CC1. The fraction of sp³-hybridized carbons (Fsp3) is 0.812. The predicted molar refractivity (Wildman–Crippen MR) is 88.8 cm³/mol. The highest BCUT2D eigenvalue weighted by atomic mass is 16.7. The first-order chi connectivity index (χ1) is 10.2. The Morgan fingerprint density at radius 3 is 2.32 bits per heavy atom. The third-order valence-corrected chi connectivity index (χ3v) is 4.69. The van der Waals surface area contributed by atoms with E-state index >= 15 is 0 Å². The Kier molecular flexibility index (Phi) is 5.04. The minimum Gasteiger partial charge on any atom is -0.399 e. The van der Waals surface area contributed by atoms with Crippen molar-refractivity contribution >= 4 is 12.8 Å². The largest absolute Gasteiger partial charge is 0.498 e. The van der Waals surface area contributed by atoms with Crippen molar-refractivity contribution in [2.45, 2.75) is 71.8 Å². The average molecular weight is 308 g/mol. The van der Waals surface area contributed by atoms with Crippen LogP contribution in [0.25, 0.3) is 0 Å². The molecule has 0 spiro atoms. The van der Waals surface area contributed by atoms with E-state index in [0.717, 1.165) is 18.3 Å².